The Bertz CT molecular complexity index is 1230. The predicted molar refractivity (Wildman–Crippen MR) is 92.6 cm³/mol. The molecule has 0 aliphatic heterocycles. The summed E-state index contributed by atoms with van der Waals surface area (Å²) in [5.41, 5.74) is -0.316. The first kappa shape index (κ1) is 20.1. The molecule has 1 aromatic heterocycles. The number of hydrogen-bond donors (Lipinski definition) is 1. The average molecular weight is 423 g/mol. The molecule has 0 amide bonds. The molecule has 0 radical (unpaired) electrons. The van der Waals surface area contributed by atoms with Gasteiger partial charge in [0.15, 0.2) is 23.2 Å². The number of rotatable bonds is 5. The molecule has 0 saturated carbocycles. The second kappa shape index (κ2) is 7.76. The summed E-state index contributed by atoms with van der Waals surface area (Å²) >= 11 is 0. The highest BCUT2D eigenvalue weighted by Crippen LogP contribution is 2.30. The quantitative estimate of drug-likeness (QED) is 0.493. The van der Waals surface area contributed by atoms with Crippen LogP contribution in [0, 0.1) is 34.6 Å². The van der Waals surface area contributed by atoms with Gasteiger partial charge in [-0.3, -0.25) is 4.72 Å². The van der Waals surface area contributed by atoms with E-state index >= 15 is 0 Å². The van der Waals surface area contributed by atoms with Crippen LogP contribution >= 0.6 is 0 Å². The Morgan fingerprint density at radius 3 is 2.31 bits per heavy atom. The van der Waals surface area contributed by atoms with E-state index in [0.717, 1.165) is 36.5 Å². The van der Waals surface area contributed by atoms with Crippen LogP contribution in [0.4, 0.5) is 23.4 Å². The van der Waals surface area contributed by atoms with Gasteiger partial charge in [0.2, 0.25) is 0 Å². The summed E-state index contributed by atoms with van der Waals surface area (Å²) < 4.78 is 84.9. The number of hydrogen-bond acceptors (Lipinski definition) is 5. The summed E-state index contributed by atoms with van der Waals surface area (Å²) in [7, 11) is -4.19. The molecule has 1 N–H and O–H groups in total. The first-order chi connectivity index (χ1) is 13.7. The Hall–Kier alpha value is -3.65. The number of nitrogens with one attached hydrogen (secondary N) is 1. The molecule has 1 heterocycles. The van der Waals surface area contributed by atoms with Crippen molar-refractivity contribution in [2.45, 2.75) is 4.90 Å². The van der Waals surface area contributed by atoms with Gasteiger partial charge in [0, 0.05) is 12.1 Å². The fourth-order valence-corrected chi connectivity index (χ4v) is 3.22. The summed E-state index contributed by atoms with van der Waals surface area (Å²) in [5.74, 6) is -5.79. The Balaban J connectivity index is 1.91. The maximum absolute atomic E-state index is 13.7. The second-order valence-electron chi connectivity index (χ2n) is 5.54. The van der Waals surface area contributed by atoms with Crippen LogP contribution in [-0.2, 0) is 10.0 Å². The van der Waals surface area contributed by atoms with Crippen LogP contribution in [0.15, 0.2) is 53.6 Å². The number of halogens is 4. The van der Waals surface area contributed by atoms with Gasteiger partial charge in [-0.05, 0) is 30.3 Å². The van der Waals surface area contributed by atoms with Crippen molar-refractivity contribution in [3.05, 3.63) is 77.5 Å². The van der Waals surface area contributed by atoms with Gasteiger partial charge in [0.05, 0.1) is 16.7 Å². The largest absolute Gasteiger partial charge is 0.453 e. The van der Waals surface area contributed by atoms with Gasteiger partial charge in [-0.15, -0.1) is 0 Å². The minimum atomic E-state index is -4.19. The number of pyridine rings is 1. The Morgan fingerprint density at radius 1 is 0.931 bits per heavy atom. The van der Waals surface area contributed by atoms with Gasteiger partial charge in [0.25, 0.3) is 10.0 Å². The lowest BCUT2D eigenvalue weighted by Gasteiger charge is -2.11. The number of sulfonamides is 1. The fourth-order valence-electron chi connectivity index (χ4n) is 2.19. The molecule has 0 bridgehead atoms. The molecule has 0 fully saturated rings. The molecular weight excluding hydrogens is 414 g/mol. The number of nitriles is 1. The minimum absolute atomic E-state index is 0.158. The highest BCUT2D eigenvalue weighted by Gasteiger charge is 2.19. The van der Waals surface area contributed by atoms with Crippen LogP contribution < -0.4 is 9.46 Å². The van der Waals surface area contributed by atoms with E-state index in [0.29, 0.717) is 6.07 Å². The van der Waals surface area contributed by atoms with Crippen molar-refractivity contribution < 1.29 is 30.7 Å². The third-order valence-corrected chi connectivity index (χ3v) is 4.90. The van der Waals surface area contributed by atoms with E-state index < -0.39 is 39.0 Å². The SMILES string of the molecule is N#Cc1cc(S(=O)(=O)Nc2ccc(F)cn2)ccc1Oc1cc(F)c(F)cc1F. The summed E-state index contributed by atoms with van der Waals surface area (Å²) in [6, 6.07) is 7.52. The molecule has 0 atom stereocenters. The maximum Gasteiger partial charge on any atom is 0.263 e. The Morgan fingerprint density at radius 2 is 1.66 bits per heavy atom. The van der Waals surface area contributed by atoms with Crippen molar-refractivity contribution in [1.29, 1.82) is 5.26 Å². The number of benzene rings is 2. The number of aromatic nitrogens is 1. The Labute approximate surface area is 162 Å². The first-order valence-electron chi connectivity index (χ1n) is 7.70. The van der Waals surface area contributed by atoms with E-state index in [2.05, 4.69) is 9.71 Å². The van der Waals surface area contributed by atoms with Crippen molar-refractivity contribution in [3.8, 4) is 17.6 Å². The van der Waals surface area contributed by atoms with E-state index in [1.807, 2.05) is 0 Å². The fraction of sp³-hybridized carbons (Fsp3) is 0. The van der Waals surface area contributed by atoms with E-state index in [1.54, 1.807) is 6.07 Å². The van der Waals surface area contributed by atoms with E-state index in [-0.39, 0.29) is 28.1 Å². The van der Waals surface area contributed by atoms with Crippen molar-refractivity contribution in [2.24, 2.45) is 0 Å². The lowest BCUT2D eigenvalue weighted by Crippen LogP contribution is -2.14. The third-order valence-electron chi connectivity index (χ3n) is 3.54. The van der Waals surface area contributed by atoms with Gasteiger partial charge in [0.1, 0.15) is 23.5 Å². The molecule has 3 aromatic rings. The van der Waals surface area contributed by atoms with Crippen LogP contribution in [0.2, 0.25) is 0 Å². The molecule has 0 unspecified atom stereocenters. The summed E-state index contributed by atoms with van der Waals surface area (Å²) in [6.07, 6.45) is 0.811. The van der Waals surface area contributed by atoms with Crippen LogP contribution in [0.3, 0.4) is 0 Å². The first-order valence-corrected chi connectivity index (χ1v) is 9.19. The predicted octanol–water partition coefficient (Wildman–Crippen LogP) is 4.10. The van der Waals surface area contributed by atoms with Crippen molar-refractivity contribution in [2.75, 3.05) is 4.72 Å². The number of nitrogens with zero attached hydrogens (tertiary/aromatic N) is 2. The molecule has 0 aliphatic carbocycles. The highest BCUT2D eigenvalue weighted by molar-refractivity contribution is 7.92. The van der Waals surface area contributed by atoms with Crippen LogP contribution in [0.1, 0.15) is 5.56 Å². The van der Waals surface area contributed by atoms with Crippen molar-refractivity contribution in [1.82, 2.24) is 4.98 Å². The molecule has 0 spiro atoms. The molecule has 0 aliphatic rings. The van der Waals surface area contributed by atoms with Crippen molar-refractivity contribution >= 4 is 15.8 Å². The molecular formula is C18H9F4N3O3S. The zero-order chi connectivity index (χ0) is 21.2. The summed E-state index contributed by atoms with van der Waals surface area (Å²) in [6.45, 7) is 0. The zero-order valence-corrected chi connectivity index (χ0v) is 15.0. The standard InChI is InChI=1S/C18H9F4N3O3S/c19-11-1-4-18(24-9-11)25-29(26,27)12-2-3-16(10(5-12)8-23)28-17-7-14(21)13(20)6-15(17)22/h1-7,9H,(H,24,25). The minimum Gasteiger partial charge on any atom is -0.453 e. The van der Waals surface area contributed by atoms with Gasteiger partial charge < -0.3 is 4.74 Å². The Kier molecular flexibility index (Phi) is 5.38. The van der Waals surface area contributed by atoms with Crippen molar-refractivity contribution in [3.63, 3.8) is 0 Å². The van der Waals surface area contributed by atoms with Gasteiger partial charge in [-0.1, -0.05) is 0 Å². The van der Waals surface area contributed by atoms with Crippen LogP contribution in [0.5, 0.6) is 11.5 Å². The van der Waals surface area contributed by atoms with Gasteiger partial charge in [-0.25, -0.2) is 31.0 Å². The molecule has 11 heteroatoms. The highest BCUT2D eigenvalue weighted by atomic mass is 32.2. The average Bonchev–Trinajstić information content (AvgIpc) is 2.68. The van der Waals surface area contributed by atoms with Crippen LogP contribution in [-0.4, -0.2) is 13.4 Å². The van der Waals surface area contributed by atoms with E-state index in [1.165, 1.54) is 0 Å². The summed E-state index contributed by atoms with van der Waals surface area (Å²) in [5, 5.41) is 9.25. The number of anilines is 1. The van der Waals surface area contributed by atoms with Gasteiger partial charge in [-0.2, -0.15) is 5.26 Å². The summed E-state index contributed by atoms with van der Waals surface area (Å²) in [4.78, 5) is 3.20. The number of ether oxygens (including phenoxy) is 1. The molecule has 6 nitrogen and oxygen atoms in total. The van der Waals surface area contributed by atoms with Gasteiger partial charge >= 0.3 is 0 Å². The second-order valence-corrected chi connectivity index (χ2v) is 7.22. The van der Waals surface area contributed by atoms with Crippen LogP contribution in [0.25, 0.3) is 0 Å². The van der Waals surface area contributed by atoms with E-state index in [4.69, 9.17) is 4.74 Å². The molecule has 0 saturated heterocycles. The smallest absolute Gasteiger partial charge is 0.263 e. The topological polar surface area (TPSA) is 92.1 Å². The molecule has 3 rings (SSSR count). The monoisotopic (exact) mass is 423 g/mol. The third kappa shape index (κ3) is 4.44. The lowest BCUT2D eigenvalue weighted by atomic mass is 10.2. The zero-order valence-electron chi connectivity index (χ0n) is 14.2. The molecule has 29 heavy (non-hydrogen) atoms. The normalized spacial score (nSPS) is 11.0. The maximum atomic E-state index is 13.7. The lowest BCUT2D eigenvalue weighted by molar-refractivity contribution is 0.421. The molecule has 148 valence electrons. The molecule has 2 aromatic carbocycles. The van der Waals surface area contributed by atoms with E-state index in [9.17, 15) is 31.2 Å².